The second-order valence-corrected chi connectivity index (χ2v) is 7.26. The quantitative estimate of drug-likeness (QED) is 0.723. The number of nitrogens with one attached hydrogen (secondary N) is 2. The lowest BCUT2D eigenvalue weighted by Gasteiger charge is -2.21. The third-order valence-electron chi connectivity index (χ3n) is 3.07. The Kier molecular flexibility index (Phi) is 4.66. The monoisotopic (exact) mass is 290 g/mol. The normalized spacial score (nSPS) is 18.1. The van der Waals surface area contributed by atoms with Crippen molar-refractivity contribution in [2.24, 2.45) is 11.7 Å². The number of hydrogen-bond acceptors (Lipinski definition) is 5. The second-order valence-electron chi connectivity index (χ2n) is 4.34. The van der Waals surface area contributed by atoms with E-state index in [4.69, 9.17) is 5.73 Å². The maximum Gasteiger partial charge on any atom is 0.257 e. The van der Waals surface area contributed by atoms with Crippen LogP contribution in [-0.4, -0.2) is 36.7 Å². The summed E-state index contributed by atoms with van der Waals surface area (Å²) >= 11 is 1.93. The molecule has 0 aliphatic carbocycles. The highest BCUT2D eigenvalue weighted by atomic mass is 32.2. The van der Waals surface area contributed by atoms with Crippen molar-refractivity contribution in [3.8, 4) is 0 Å². The minimum Gasteiger partial charge on any atom is -0.326 e. The molecule has 4 N–H and O–H groups in total. The number of H-pyrrole nitrogens is 1. The lowest BCUT2D eigenvalue weighted by atomic mass is 10.0. The summed E-state index contributed by atoms with van der Waals surface area (Å²) < 4.78 is 26.8. The molecular weight excluding hydrogens is 272 g/mol. The van der Waals surface area contributed by atoms with Crippen molar-refractivity contribution in [2.45, 2.75) is 24.4 Å². The summed E-state index contributed by atoms with van der Waals surface area (Å²) in [5.74, 6) is 2.67. The van der Waals surface area contributed by atoms with Gasteiger partial charge >= 0.3 is 0 Å². The van der Waals surface area contributed by atoms with Crippen LogP contribution in [0.3, 0.4) is 0 Å². The van der Waals surface area contributed by atoms with Crippen LogP contribution in [0.15, 0.2) is 11.2 Å². The summed E-state index contributed by atoms with van der Waals surface area (Å²) in [6.45, 7) is 0.652. The van der Waals surface area contributed by atoms with Crippen LogP contribution in [0, 0.1) is 5.92 Å². The van der Waals surface area contributed by atoms with E-state index in [0.29, 0.717) is 18.0 Å². The number of aromatic amines is 1. The first-order chi connectivity index (χ1) is 8.63. The molecule has 0 aromatic carbocycles. The van der Waals surface area contributed by atoms with Gasteiger partial charge in [0.1, 0.15) is 0 Å². The van der Waals surface area contributed by atoms with Crippen LogP contribution < -0.4 is 10.5 Å². The Balaban J connectivity index is 1.99. The topological polar surface area (TPSA) is 101 Å². The van der Waals surface area contributed by atoms with Crippen molar-refractivity contribution in [1.82, 2.24) is 14.9 Å². The Morgan fingerprint density at radius 2 is 2.22 bits per heavy atom. The van der Waals surface area contributed by atoms with Gasteiger partial charge in [-0.3, -0.25) is 5.10 Å². The van der Waals surface area contributed by atoms with Crippen molar-refractivity contribution in [1.29, 1.82) is 0 Å². The molecule has 0 amide bonds. The molecule has 1 saturated heterocycles. The van der Waals surface area contributed by atoms with Gasteiger partial charge in [0, 0.05) is 18.7 Å². The Labute approximate surface area is 111 Å². The molecule has 0 radical (unpaired) electrons. The van der Waals surface area contributed by atoms with Crippen LogP contribution in [-0.2, 0) is 16.6 Å². The molecule has 6 nitrogen and oxygen atoms in total. The molecule has 1 fully saturated rings. The molecule has 18 heavy (non-hydrogen) atoms. The van der Waals surface area contributed by atoms with E-state index in [2.05, 4.69) is 14.9 Å². The standard InChI is InChI=1S/C10H18N4O2S2/c11-5-9-7-12-14-10(9)18(15,16)13-6-8-1-3-17-4-2-8/h7-8,13H,1-6,11H2,(H,12,14). The average Bonchev–Trinajstić information content (AvgIpc) is 2.87. The molecule has 2 rings (SSSR count). The second kappa shape index (κ2) is 6.05. The molecule has 0 spiro atoms. The fourth-order valence-corrected chi connectivity index (χ4v) is 4.39. The largest absolute Gasteiger partial charge is 0.326 e. The molecule has 1 aliphatic heterocycles. The van der Waals surface area contributed by atoms with Crippen molar-refractivity contribution in [3.05, 3.63) is 11.8 Å². The SMILES string of the molecule is NCc1cn[nH]c1S(=O)(=O)NCC1CCSCC1. The van der Waals surface area contributed by atoms with Crippen LogP contribution >= 0.6 is 11.8 Å². The molecule has 1 aliphatic rings. The Bertz CT molecular complexity index is 480. The van der Waals surface area contributed by atoms with E-state index in [1.54, 1.807) is 0 Å². The van der Waals surface area contributed by atoms with Crippen LogP contribution in [0.25, 0.3) is 0 Å². The summed E-state index contributed by atoms with van der Waals surface area (Å²) in [6.07, 6.45) is 3.59. The smallest absolute Gasteiger partial charge is 0.257 e. The Hall–Kier alpha value is -0.570. The van der Waals surface area contributed by atoms with Crippen LogP contribution in [0.2, 0.25) is 0 Å². The van der Waals surface area contributed by atoms with Crippen molar-refractivity contribution in [2.75, 3.05) is 18.1 Å². The number of sulfonamides is 1. The number of aromatic nitrogens is 2. The Morgan fingerprint density at radius 3 is 2.89 bits per heavy atom. The fraction of sp³-hybridized carbons (Fsp3) is 0.700. The lowest BCUT2D eigenvalue weighted by Crippen LogP contribution is -2.32. The lowest BCUT2D eigenvalue weighted by molar-refractivity contribution is 0.475. The molecule has 1 aromatic heterocycles. The molecular formula is C10H18N4O2S2. The summed E-state index contributed by atoms with van der Waals surface area (Å²) in [6, 6.07) is 0. The van der Waals surface area contributed by atoms with Gasteiger partial charge in [-0.05, 0) is 30.3 Å². The van der Waals surface area contributed by atoms with Crippen molar-refractivity contribution < 1.29 is 8.42 Å². The first-order valence-corrected chi connectivity index (χ1v) is 8.57. The van der Waals surface area contributed by atoms with Crippen LogP contribution in [0.4, 0.5) is 0 Å². The average molecular weight is 290 g/mol. The van der Waals surface area contributed by atoms with E-state index < -0.39 is 10.0 Å². The van der Waals surface area contributed by atoms with Crippen LogP contribution in [0.1, 0.15) is 18.4 Å². The highest BCUT2D eigenvalue weighted by molar-refractivity contribution is 7.99. The predicted octanol–water partition coefficient (Wildman–Crippen LogP) is 0.290. The van der Waals surface area contributed by atoms with E-state index in [1.165, 1.54) is 6.20 Å². The number of nitrogens with zero attached hydrogens (tertiary/aromatic N) is 1. The van der Waals surface area contributed by atoms with Crippen molar-refractivity contribution in [3.63, 3.8) is 0 Å². The van der Waals surface area contributed by atoms with E-state index >= 15 is 0 Å². The van der Waals surface area contributed by atoms with Gasteiger partial charge in [0.2, 0.25) is 0 Å². The molecule has 8 heteroatoms. The third kappa shape index (κ3) is 3.25. The number of nitrogens with two attached hydrogens (primary N) is 1. The number of hydrogen-bond donors (Lipinski definition) is 3. The maximum absolute atomic E-state index is 12.1. The molecule has 0 atom stereocenters. The zero-order chi connectivity index (χ0) is 13.0. The van der Waals surface area contributed by atoms with Gasteiger partial charge in [-0.15, -0.1) is 0 Å². The minimum atomic E-state index is -3.51. The third-order valence-corrected chi connectivity index (χ3v) is 5.56. The summed E-state index contributed by atoms with van der Waals surface area (Å²) in [4.78, 5) is 0. The zero-order valence-corrected chi connectivity index (χ0v) is 11.7. The highest BCUT2D eigenvalue weighted by Crippen LogP contribution is 2.22. The van der Waals surface area contributed by atoms with E-state index in [9.17, 15) is 8.42 Å². The van der Waals surface area contributed by atoms with Gasteiger partial charge in [-0.2, -0.15) is 16.9 Å². The van der Waals surface area contributed by atoms with E-state index in [-0.39, 0.29) is 11.6 Å². The summed E-state index contributed by atoms with van der Waals surface area (Å²) in [7, 11) is -3.51. The maximum atomic E-state index is 12.1. The van der Waals surface area contributed by atoms with Gasteiger partial charge < -0.3 is 5.73 Å². The summed E-state index contributed by atoms with van der Waals surface area (Å²) in [5, 5.41) is 6.32. The first kappa shape index (κ1) is 13.9. The van der Waals surface area contributed by atoms with Gasteiger partial charge in [0.25, 0.3) is 10.0 Å². The van der Waals surface area contributed by atoms with E-state index in [0.717, 1.165) is 24.3 Å². The van der Waals surface area contributed by atoms with Gasteiger partial charge in [-0.1, -0.05) is 0 Å². The van der Waals surface area contributed by atoms with Gasteiger partial charge in [0.05, 0.1) is 6.20 Å². The molecule has 2 heterocycles. The summed E-state index contributed by atoms with van der Waals surface area (Å²) in [5.41, 5.74) is 5.99. The number of thioether (sulfide) groups is 1. The molecule has 102 valence electrons. The van der Waals surface area contributed by atoms with Gasteiger partial charge in [0.15, 0.2) is 5.03 Å². The predicted molar refractivity (Wildman–Crippen MR) is 71.7 cm³/mol. The highest BCUT2D eigenvalue weighted by Gasteiger charge is 2.22. The minimum absolute atomic E-state index is 0.0928. The number of rotatable bonds is 5. The zero-order valence-electron chi connectivity index (χ0n) is 10.1. The first-order valence-electron chi connectivity index (χ1n) is 5.93. The van der Waals surface area contributed by atoms with E-state index in [1.807, 2.05) is 11.8 Å². The molecule has 0 saturated carbocycles. The van der Waals surface area contributed by atoms with Gasteiger partial charge in [-0.25, -0.2) is 13.1 Å². The fourth-order valence-electron chi connectivity index (χ4n) is 1.93. The van der Waals surface area contributed by atoms with Crippen molar-refractivity contribution >= 4 is 21.8 Å². The Morgan fingerprint density at radius 1 is 1.50 bits per heavy atom. The molecule has 1 aromatic rings. The molecule has 0 unspecified atom stereocenters. The van der Waals surface area contributed by atoms with Crippen LogP contribution in [0.5, 0.6) is 0 Å². The molecule has 0 bridgehead atoms.